The standard InChI is InChI=1S/C15H16N4O5/c1-3-22-14-10(8-23-13-7-5-4-6-12(13)20)11(9-24-14)19-15(21)18(2)16-17-19/h4-7,9,20H,3,8H2,1-2H3. The van der Waals surface area contributed by atoms with Crippen LogP contribution in [0.5, 0.6) is 17.4 Å². The Bertz CT molecular complexity index is 895. The Hall–Kier alpha value is -3.23. The van der Waals surface area contributed by atoms with Crippen molar-refractivity contribution in [2.45, 2.75) is 13.5 Å². The van der Waals surface area contributed by atoms with Crippen LogP contribution in [-0.4, -0.2) is 31.5 Å². The van der Waals surface area contributed by atoms with E-state index in [1.807, 2.05) is 6.92 Å². The van der Waals surface area contributed by atoms with Crippen LogP contribution in [0.15, 0.2) is 39.7 Å². The molecule has 126 valence electrons. The van der Waals surface area contributed by atoms with Gasteiger partial charge in [-0.05, 0) is 29.5 Å². The van der Waals surface area contributed by atoms with Crippen LogP contribution in [0.1, 0.15) is 12.5 Å². The maximum absolute atomic E-state index is 12.1. The fourth-order valence-corrected chi connectivity index (χ4v) is 2.11. The smallest absolute Gasteiger partial charge is 0.368 e. The monoisotopic (exact) mass is 332 g/mol. The third kappa shape index (κ3) is 2.83. The van der Waals surface area contributed by atoms with Crippen molar-refractivity contribution in [2.75, 3.05) is 6.61 Å². The molecule has 9 nitrogen and oxygen atoms in total. The molecule has 0 aliphatic carbocycles. The quantitative estimate of drug-likeness (QED) is 0.724. The molecule has 0 aliphatic rings. The van der Waals surface area contributed by atoms with Gasteiger partial charge in [-0.2, -0.15) is 9.36 Å². The molecule has 0 saturated carbocycles. The van der Waals surface area contributed by atoms with E-state index in [0.717, 1.165) is 9.36 Å². The number of hydrogen-bond acceptors (Lipinski definition) is 7. The second kappa shape index (κ2) is 6.49. The molecule has 0 spiro atoms. The number of nitrogens with zero attached hydrogens (tertiary/aromatic N) is 4. The van der Waals surface area contributed by atoms with E-state index in [0.29, 0.717) is 23.6 Å². The molecule has 2 heterocycles. The Labute approximate surface area is 136 Å². The van der Waals surface area contributed by atoms with E-state index in [2.05, 4.69) is 10.4 Å². The number of aryl methyl sites for hydroxylation is 1. The van der Waals surface area contributed by atoms with Gasteiger partial charge in [0, 0.05) is 7.05 Å². The Morgan fingerprint density at radius 3 is 2.71 bits per heavy atom. The minimum absolute atomic E-state index is 0.0113. The van der Waals surface area contributed by atoms with Crippen LogP contribution in [0.4, 0.5) is 0 Å². The van der Waals surface area contributed by atoms with Gasteiger partial charge >= 0.3 is 5.69 Å². The van der Waals surface area contributed by atoms with Gasteiger partial charge in [-0.3, -0.25) is 0 Å². The number of tetrazole rings is 1. The van der Waals surface area contributed by atoms with Gasteiger partial charge in [0.1, 0.15) is 18.6 Å². The normalized spacial score (nSPS) is 10.8. The van der Waals surface area contributed by atoms with Gasteiger partial charge < -0.3 is 19.0 Å². The highest BCUT2D eigenvalue weighted by molar-refractivity contribution is 5.44. The van der Waals surface area contributed by atoms with E-state index in [9.17, 15) is 9.90 Å². The second-order valence-corrected chi connectivity index (χ2v) is 4.87. The van der Waals surface area contributed by atoms with Crippen molar-refractivity contribution < 1.29 is 19.0 Å². The maximum Gasteiger partial charge on any atom is 0.368 e. The number of hydrogen-bond donors (Lipinski definition) is 1. The highest BCUT2D eigenvalue weighted by Gasteiger charge is 2.21. The van der Waals surface area contributed by atoms with Gasteiger partial charge in [-0.15, -0.1) is 0 Å². The van der Waals surface area contributed by atoms with Gasteiger partial charge in [-0.1, -0.05) is 12.1 Å². The summed E-state index contributed by atoms with van der Waals surface area (Å²) in [6, 6.07) is 6.57. The minimum Gasteiger partial charge on any atom is -0.504 e. The Morgan fingerprint density at radius 2 is 2.04 bits per heavy atom. The number of para-hydroxylation sites is 2. The molecule has 0 aliphatic heterocycles. The van der Waals surface area contributed by atoms with Crippen molar-refractivity contribution in [3.8, 4) is 23.1 Å². The minimum atomic E-state index is -0.428. The Kier molecular flexibility index (Phi) is 4.23. The number of phenols is 1. The number of furan rings is 1. The van der Waals surface area contributed by atoms with Crippen molar-refractivity contribution in [1.29, 1.82) is 0 Å². The molecule has 1 N–H and O–H groups in total. The molecule has 0 atom stereocenters. The second-order valence-electron chi connectivity index (χ2n) is 4.87. The molecule has 3 aromatic rings. The first kappa shape index (κ1) is 15.7. The summed E-state index contributed by atoms with van der Waals surface area (Å²) in [6.45, 7) is 2.21. The van der Waals surface area contributed by atoms with Crippen molar-refractivity contribution in [1.82, 2.24) is 19.8 Å². The van der Waals surface area contributed by atoms with Crippen molar-refractivity contribution in [3.05, 3.63) is 46.6 Å². The lowest BCUT2D eigenvalue weighted by Crippen LogP contribution is -2.22. The van der Waals surface area contributed by atoms with E-state index in [1.165, 1.54) is 19.4 Å². The third-order valence-corrected chi connectivity index (χ3v) is 3.30. The van der Waals surface area contributed by atoms with E-state index in [-0.39, 0.29) is 18.3 Å². The zero-order valence-corrected chi connectivity index (χ0v) is 13.2. The fourth-order valence-electron chi connectivity index (χ4n) is 2.11. The highest BCUT2D eigenvalue weighted by Crippen LogP contribution is 2.31. The van der Waals surface area contributed by atoms with Crippen LogP contribution >= 0.6 is 0 Å². The molecule has 0 radical (unpaired) electrons. The lowest BCUT2D eigenvalue weighted by atomic mass is 10.3. The van der Waals surface area contributed by atoms with Crippen LogP contribution in [0, 0.1) is 0 Å². The van der Waals surface area contributed by atoms with Crippen LogP contribution in [0.25, 0.3) is 5.69 Å². The third-order valence-electron chi connectivity index (χ3n) is 3.30. The maximum atomic E-state index is 12.1. The number of phenolic OH excluding ortho intramolecular Hbond substituents is 1. The molecule has 24 heavy (non-hydrogen) atoms. The van der Waals surface area contributed by atoms with Crippen molar-refractivity contribution in [3.63, 3.8) is 0 Å². The first-order valence-electron chi connectivity index (χ1n) is 7.25. The molecule has 0 unspecified atom stereocenters. The van der Waals surface area contributed by atoms with Gasteiger partial charge in [0.05, 0.1) is 12.2 Å². The van der Waals surface area contributed by atoms with E-state index in [4.69, 9.17) is 13.9 Å². The fraction of sp³-hybridized carbons (Fsp3) is 0.267. The molecule has 0 bridgehead atoms. The molecule has 0 amide bonds. The van der Waals surface area contributed by atoms with Crippen molar-refractivity contribution in [2.24, 2.45) is 7.05 Å². The molecule has 1 aromatic carbocycles. The lowest BCUT2D eigenvalue weighted by molar-refractivity contribution is 0.236. The molecular formula is C15H16N4O5. The van der Waals surface area contributed by atoms with Crippen molar-refractivity contribution >= 4 is 0 Å². The molecule has 9 heteroatoms. The number of benzene rings is 1. The number of ether oxygens (including phenoxy) is 2. The summed E-state index contributed by atoms with van der Waals surface area (Å²) >= 11 is 0. The van der Waals surface area contributed by atoms with Gasteiger partial charge in [0.2, 0.25) is 0 Å². The van der Waals surface area contributed by atoms with Crippen LogP contribution in [0.2, 0.25) is 0 Å². The van der Waals surface area contributed by atoms with E-state index < -0.39 is 5.69 Å². The van der Waals surface area contributed by atoms with Crippen LogP contribution in [-0.2, 0) is 13.7 Å². The summed E-state index contributed by atoms with van der Waals surface area (Å²) in [4.78, 5) is 12.1. The molecular weight excluding hydrogens is 316 g/mol. The summed E-state index contributed by atoms with van der Waals surface area (Å²) in [5.41, 5.74) is 0.428. The van der Waals surface area contributed by atoms with Crippen LogP contribution in [0.3, 0.4) is 0 Å². The van der Waals surface area contributed by atoms with E-state index >= 15 is 0 Å². The number of aromatic hydroxyl groups is 1. The van der Waals surface area contributed by atoms with Gasteiger partial charge in [-0.25, -0.2) is 4.79 Å². The lowest BCUT2D eigenvalue weighted by Gasteiger charge is -2.09. The number of rotatable bonds is 6. The zero-order chi connectivity index (χ0) is 17.1. The summed E-state index contributed by atoms with van der Waals surface area (Å²) < 4.78 is 18.6. The summed E-state index contributed by atoms with van der Waals surface area (Å²) in [5, 5.41) is 17.2. The molecule has 2 aromatic heterocycles. The molecule has 0 fully saturated rings. The predicted molar refractivity (Wildman–Crippen MR) is 82.5 cm³/mol. The topological polar surface area (TPSA) is 105 Å². The molecule has 3 rings (SSSR count). The largest absolute Gasteiger partial charge is 0.504 e. The van der Waals surface area contributed by atoms with Gasteiger partial charge in [0.25, 0.3) is 5.95 Å². The first-order valence-corrected chi connectivity index (χ1v) is 7.25. The summed E-state index contributed by atoms with van der Waals surface area (Å²) in [6.07, 6.45) is 1.35. The average Bonchev–Trinajstić information content (AvgIpc) is 3.11. The predicted octanol–water partition coefficient (Wildman–Crippen LogP) is 1.24. The zero-order valence-electron chi connectivity index (χ0n) is 13.2. The number of aromatic nitrogens is 4. The average molecular weight is 332 g/mol. The summed E-state index contributed by atoms with van der Waals surface area (Å²) in [5.74, 6) is 0.538. The van der Waals surface area contributed by atoms with Crippen LogP contribution < -0.4 is 15.2 Å². The summed E-state index contributed by atoms with van der Waals surface area (Å²) in [7, 11) is 1.49. The molecule has 0 saturated heterocycles. The van der Waals surface area contributed by atoms with Gasteiger partial charge in [0.15, 0.2) is 11.5 Å². The SMILES string of the molecule is CCOc1occ(-n2nnn(C)c2=O)c1COc1ccccc1O. The highest BCUT2D eigenvalue weighted by atomic mass is 16.6. The first-order chi connectivity index (χ1) is 11.6. The Morgan fingerprint density at radius 1 is 1.25 bits per heavy atom. The Balaban J connectivity index is 1.95. The van der Waals surface area contributed by atoms with E-state index in [1.54, 1.807) is 18.2 Å².